The minimum absolute atomic E-state index is 0.102. The minimum atomic E-state index is -0.102. The van der Waals surface area contributed by atoms with Crippen LogP contribution in [-0.2, 0) is 25.7 Å². The van der Waals surface area contributed by atoms with Crippen molar-refractivity contribution in [2.24, 2.45) is 0 Å². The molecule has 0 aliphatic heterocycles. The second kappa shape index (κ2) is 14.2. The summed E-state index contributed by atoms with van der Waals surface area (Å²) in [5, 5.41) is 0. The van der Waals surface area contributed by atoms with Gasteiger partial charge in [-0.25, -0.2) is 0 Å². The molecule has 160 valence electrons. The van der Waals surface area contributed by atoms with E-state index in [-0.39, 0.29) is 21.2 Å². The molecule has 0 aliphatic rings. The summed E-state index contributed by atoms with van der Waals surface area (Å²) in [4.78, 5) is 0. The van der Waals surface area contributed by atoms with Gasteiger partial charge in [0, 0.05) is 5.56 Å². The highest BCUT2D eigenvalue weighted by atomic mass is 127. The number of benzene rings is 2. The molecular formula is C28H42I+. The molecule has 0 spiro atoms. The Morgan fingerprint density at radius 1 is 0.586 bits per heavy atom. The van der Waals surface area contributed by atoms with Crippen LogP contribution in [0.15, 0.2) is 36.4 Å². The lowest BCUT2D eigenvalue weighted by molar-refractivity contribution is -0.598. The van der Waals surface area contributed by atoms with Crippen molar-refractivity contribution in [3.8, 4) is 0 Å². The molecule has 0 N–H and O–H groups in total. The molecule has 1 heteroatoms. The lowest BCUT2D eigenvalue weighted by atomic mass is 9.86. The van der Waals surface area contributed by atoms with Gasteiger partial charge in [0.15, 0.2) is 7.14 Å². The Morgan fingerprint density at radius 3 is 1.69 bits per heavy atom. The van der Waals surface area contributed by atoms with Gasteiger partial charge in [-0.2, -0.15) is 0 Å². The third-order valence-corrected chi connectivity index (χ3v) is 8.68. The molecule has 0 aromatic heterocycles. The normalized spacial score (nSPS) is 11.2. The van der Waals surface area contributed by atoms with Gasteiger partial charge in [0.25, 0.3) is 0 Å². The van der Waals surface area contributed by atoms with Crippen molar-refractivity contribution in [1.82, 2.24) is 0 Å². The summed E-state index contributed by atoms with van der Waals surface area (Å²) in [6.07, 6.45) is 15.6. The van der Waals surface area contributed by atoms with E-state index in [0.29, 0.717) is 0 Å². The van der Waals surface area contributed by atoms with Crippen molar-refractivity contribution in [2.75, 3.05) is 0 Å². The van der Waals surface area contributed by atoms with Crippen LogP contribution in [0.3, 0.4) is 0 Å². The Balaban J connectivity index is 2.57. The van der Waals surface area contributed by atoms with E-state index < -0.39 is 0 Å². The average molecular weight is 506 g/mol. The van der Waals surface area contributed by atoms with E-state index in [4.69, 9.17) is 0 Å². The quantitative estimate of drug-likeness (QED) is 0.310. The number of hydrogen-bond acceptors (Lipinski definition) is 0. The van der Waals surface area contributed by atoms with Gasteiger partial charge in [0.1, 0.15) is 0 Å². The highest BCUT2D eigenvalue weighted by molar-refractivity contribution is 5.42. The van der Waals surface area contributed by atoms with Crippen LogP contribution >= 0.6 is 0 Å². The van der Waals surface area contributed by atoms with Gasteiger partial charge in [0.05, 0.1) is 0 Å². The lowest BCUT2D eigenvalue weighted by Crippen LogP contribution is -3.61. The highest BCUT2D eigenvalue weighted by Crippen LogP contribution is 2.27. The standard InChI is InChI=1S/C28H42I/c1-5-9-16-23-22-28(29-24-17-14-13-15-18-24)27(21-12-8-4)26(20-11-7-3)25(23)19-10-6-2/h13-15,17-18,22H,5-12,16,19-21H2,1-4H3/q+1. The topological polar surface area (TPSA) is 0 Å². The number of hydrogen-bond donors (Lipinski definition) is 0. The largest absolute Gasteiger partial charge is 0.358 e. The summed E-state index contributed by atoms with van der Waals surface area (Å²) in [5.41, 5.74) is 6.97. The maximum atomic E-state index is 2.67. The summed E-state index contributed by atoms with van der Waals surface area (Å²) in [6, 6.07) is 13.9. The molecule has 0 saturated carbocycles. The van der Waals surface area contributed by atoms with E-state index in [1.807, 2.05) is 0 Å². The summed E-state index contributed by atoms with van der Waals surface area (Å²) < 4.78 is 3.29. The van der Waals surface area contributed by atoms with Crippen LogP contribution in [0.4, 0.5) is 0 Å². The second-order valence-corrected chi connectivity index (χ2v) is 11.2. The Hall–Kier alpha value is -0.830. The van der Waals surface area contributed by atoms with Crippen LogP contribution in [-0.4, -0.2) is 0 Å². The zero-order valence-electron chi connectivity index (χ0n) is 19.3. The van der Waals surface area contributed by atoms with Gasteiger partial charge in [-0.3, -0.25) is 0 Å². The summed E-state index contributed by atoms with van der Waals surface area (Å²) in [7, 11) is 0. The fourth-order valence-electron chi connectivity index (χ4n) is 4.06. The number of unbranched alkanes of at least 4 members (excludes halogenated alkanes) is 4. The van der Waals surface area contributed by atoms with E-state index in [2.05, 4.69) is 64.1 Å². The van der Waals surface area contributed by atoms with Crippen molar-refractivity contribution >= 4 is 0 Å². The highest BCUT2D eigenvalue weighted by Gasteiger charge is 2.26. The zero-order valence-corrected chi connectivity index (χ0v) is 21.5. The van der Waals surface area contributed by atoms with E-state index >= 15 is 0 Å². The second-order valence-electron chi connectivity index (χ2n) is 8.26. The van der Waals surface area contributed by atoms with Gasteiger partial charge < -0.3 is 0 Å². The molecule has 2 rings (SSSR count). The predicted octanol–water partition coefficient (Wildman–Crippen LogP) is 5.19. The van der Waals surface area contributed by atoms with Crippen molar-refractivity contribution in [2.45, 2.75) is 105 Å². The SMILES string of the molecule is CCCCc1cc([I+]c2ccccc2)c(CCCC)c(CCCC)c1CCCC. The lowest BCUT2D eigenvalue weighted by Gasteiger charge is -2.19. The van der Waals surface area contributed by atoms with Gasteiger partial charge in [0.2, 0.25) is 0 Å². The molecule has 29 heavy (non-hydrogen) atoms. The molecule has 0 saturated heterocycles. The Morgan fingerprint density at radius 2 is 1.10 bits per heavy atom. The van der Waals surface area contributed by atoms with Crippen molar-refractivity contribution in [1.29, 1.82) is 0 Å². The van der Waals surface area contributed by atoms with E-state index in [1.54, 1.807) is 29.4 Å². The fourth-order valence-corrected chi connectivity index (χ4v) is 6.96. The minimum Gasteiger partial charge on any atom is -0.0654 e. The van der Waals surface area contributed by atoms with Gasteiger partial charge in [-0.15, -0.1) is 0 Å². The van der Waals surface area contributed by atoms with Crippen LogP contribution in [0.2, 0.25) is 0 Å². The number of halogens is 1. The Bertz CT molecular complexity index is 702. The third-order valence-electron chi connectivity index (χ3n) is 5.79. The zero-order chi connectivity index (χ0) is 20.9. The van der Waals surface area contributed by atoms with E-state index in [1.165, 1.54) is 77.0 Å². The number of aryl methyl sites for hydroxylation is 1. The molecule has 2 aromatic rings. The molecule has 0 unspecified atom stereocenters. The van der Waals surface area contributed by atoms with Crippen LogP contribution in [0, 0.1) is 7.14 Å². The Kier molecular flexibility index (Phi) is 12.0. The summed E-state index contributed by atoms with van der Waals surface area (Å²) >= 11 is -0.102. The number of rotatable bonds is 14. The maximum Gasteiger partial charge on any atom is 0.358 e. The molecule has 0 nitrogen and oxygen atoms in total. The first-order valence-electron chi connectivity index (χ1n) is 12.1. The maximum absolute atomic E-state index is 2.67. The third kappa shape index (κ3) is 7.74. The van der Waals surface area contributed by atoms with Crippen LogP contribution in [0.25, 0.3) is 0 Å². The average Bonchev–Trinajstić information content (AvgIpc) is 2.75. The molecule has 0 aliphatic carbocycles. The van der Waals surface area contributed by atoms with Crippen molar-refractivity contribution in [3.05, 3.63) is 65.8 Å². The molecule has 0 heterocycles. The first kappa shape index (κ1) is 24.4. The summed E-state index contributed by atoms with van der Waals surface area (Å²) in [5.74, 6) is 0. The van der Waals surface area contributed by atoms with Gasteiger partial charge >= 0.3 is 21.2 Å². The molecule has 0 bridgehead atoms. The molecule has 0 amide bonds. The predicted molar refractivity (Wildman–Crippen MR) is 125 cm³/mol. The van der Waals surface area contributed by atoms with Crippen LogP contribution in [0.1, 0.15) is 101 Å². The molecule has 0 fully saturated rings. The van der Waals surface area contributed by atoms with Gasteiger partial charge in [-0.05, 0) is 86.3 Å². The van der Waals surface area contributed by atoms with Gasteiger partial charge in [-0.1, -0.05) is 71.6 Å². The monoisotopic (exact) mass is 505 g/mol. The van der Waals surface area contributed by atoms with Crippen LogP contribution in [0.5, 0.6) is 0 Å². The molecule has 0 radical (unpaired) electrons. The first-order chi connectivity index (χ1) is 14.2. The fraction of sp³-hybridized carbons (Fsp3) is 0.571. The molecule has 2 aromatic carbocycles. The van der Waals surface area contributed by atoms with E-state index in [9.17, 15) is 0 Å². The van der Waals surface area contributed by atoms with Crippen LogP contribution < -0.4 is 21.2 Å². The smallest absolute Gasteiger partial charge is 0.0654 e. The van der Waals surface area contributed by atoms with Crippen molar-refractivity contribution in [3.63, 3.8) is 0 Å². The molecule has 0 atom stereocenters. The Labute approximate surface area is 191 Å². The molecular weight excluding hydrogens is 463 g/mol. The first-order valence-corrected chi connectivity index (χ1v) is 14.3. The van der Waals surface area contributed by atoms with Crippen molar-refractivity contribution < 1.29 is 21.2 Å². The summed E-state index contributed by atoms with van der Waals surface area (Å²) in [6.45, 7) is 9.35. The van der Waals surface area contributed by atoms with E-state index in [0.717, 1.165) is 0 Å².